The highest BCUT2D eigenvalue weighted by Crippen LogP contribution is 2.63. The van der Waals surface area contributed by atoms with Crippen molar-refractivity contribution in [2.24, 2.45) is 23.7 Å². The monoisotopic (exact) mass is 461 g/mol. The number of ether oxygens (including phenoxy) is 3. The van der Waals surface area contributed by atoms with E-state index in [-0.39, 0.29) is 34.9 Å². The van der Waals surface area contributed by atoms with E-state index in [0.29, 0.717) is 6.42 Å². The van der Waals surface area contributed by atoms with Gasteiger partial charge in [-0.1, -0.05) is 20.8 Å². The van der Waals surface area contributed by atoms with Crippen LogP contribution in [-0.2, 0) is 19.0 Å². The molecule has 1 saturated carbocycles. The van der Waals surface area contributed by atoms with E-state index in [1.165, 1.54) is 24.3 Å². The number of carbonyl (C=O) groups is 2. The Hall–Kier alpha value is -2.52. The van der Waals surface area contributed by atoms with Crippen molar-refractivity contribution in [3.63, 3.8) is 0 Å². The summed E-state index contributed by atoms with van der Waals surface area (Å²) in [6.45, 7) is 7.42. The SMILES string of the molecule is CC(C)C12C[C@@H](OC(=O)CO)[C@@](C)(O1)[C@@H]1CC[C@@H](C)[C@H]1[C@@H]2OC(=O)c1ccc([N+](=O)[O-])cc1. The molecule has 0 spiro atoms. The number of hydrogen-bond acceptors (Lipinski definition) is 8. The number of benzene rings is 1. The van der Waals surface area contributed by atoms with Crippen LogP contribution in [0.3, 0.4) is 0 Å². The highest BCUT2D eigenvalue weighted by Gasteiger charge is 2.72. The quantitative estimate of drug-likeness (QED) is 0.389. The number of esters is 2. The van der Waals surface area contributed by atoms with Crippen LogP contribution in [0.15, 0.2) is 24.3 Å². The second kappa shape index (κ2) is 8.36. The van der Waals surface area contributed by atoms with Crippen LogP contribution in [0.5, 0.6) is 0 Å². The van der Waals surface area contributed by atoms with Crippen LogP contribution in [0.25, 0.3) is 0 Å². The molecule has 4 rings (SSSR count). The zero-order valence-electron chi connectivity index (χ0n) is 19.4. The zero-order valence-corrected chi connectivity index (χ0v) is 19.4. The third kappa shape index (κ3) is 3.71. The Morgan fingerprint density at radius 2 is 1.91 bits per heavy atom. The fourth-order valence-corrected chi connectivity index (χ4v) is 6.34. The van der Waals surface area contributed by atoms with Gasteiger partial charge in [-0.05, 0) is 49.7 Å². The zero-order chi connectivity index (χ0) is 24.1. The van der Waals surface area contributed by atoms with Crippen LogP contribution in [0.4, 0.5) is 5.69 Å². The van der Waals surface area contributed by atoms with Crippen LogP contribution >= 0.6 is 0 Å². The number of non-ortho nitro benzene ring substituents is 1. The lowest BCUT2D eigenvalue weighted by Crippen LogP contribution is -2.62. The summed E-state index contributed by atoms with van der Waals surface area (Å²) in [5, 5.41) is 20.2. The molecule has 2 bridgehead atoms. The fourth-order valence-electron chi connectivity index (χ4n) is 6.34. The maximum absolute atomic E-state index is 13.1. The Kier molecular flexibility index (Phi) is 5.99. The first-order chi connectivity index (χ1) is 15.5. The summed E-state index contributed by atoms with van der Waals surface area (Å²) >= 11 is 0. The highest BCUT2D eigenvalue weighted by molar-refractivity contribution is 5.89. The van der Waals surface area contributed by atoms with E-state index in [2.05, 4.69) is 6.92 Å². The third-order valence-electron chi connectivity index (χ3n) is 8.10. The number of hydrogen-bond donors (Lipinski definition) is 1. The van der Waals surface area contributed by atoms with Crippen molar-refractivity contribution >= 4 is 17.6 Å². The Morgan fingerprint density at radius 1 is 1.24 bits per heavy atom. The van der Waals surface area contributed by atoms with Gasteiger partial charge >= 0.3 is 11.9 Å². The minimum Gasteiger partial charge on any atom is -0.457 e. The summed E-state index contributed by atoms with van der Waals surface area (Å²) in [5.74, 6) is -0.982. The van der Waals surface area contributed by atoms with Crippen LogP contribution in [0.1, 0.15) is 57.3 Å². The molecule has 7 atom stereocenters. The first-order valence-corrected chi connectivity index (χ1v) is 11.5. The van der Waals surface area contributed by atoms with E-state index in [4.69, 9.17) is 14.2 Å². The molecular weight excluding hydrogens is 430 g/mol. The van der Waals surface area contributed by atoms with Crippen LogP contribution in [0.2, 0.25) is 0 Å². The predicted octanol–water partition coefficient (Wildman–Crippen LogP) is 3.27. The summed E-state index contributed by atoms with van der Waals surface area (Å²) in [6.07, 6.45) is 1.04. The predicted molar refractivity (Wildman–Crippen MR) is 116 cm³/mol. The Bertz CT molecular complexity index is 946. The normalized spacial score (nSPS) is 37.0. The lowest BCUT2D eigenvalue weighted by Gasteiger charge is -2.52. The summed E-state index contributed by atoms with van der Waals surface area (Å²) in [7, 11) is 0. The summed E-state index contributed by atoms with van der Waals surface area (Å²) < 4.78 is 18.5. The van der Waals surface area contributed by atoms with Gasteiger partial charge < -0.3 is 19.3 Å². The first-order valence-electron chi connectivity index (χ1n) is 11.5. The molecule has 1 aromatic carbocycles. The first kappa shape index (κ1) is 23.6. The van der Waals surface area contributed by atoms with Crippen LogP contribution in [-0.4, -0.2) is 52.0 Å². The standard InChI is InChI=1S/C24H31NO8/c1-13(2)24-11-18(31-19(27)12-26)23(4,33-24)17-10-5-14(3)20(17)21(24)32-22(28)15-6-8-16(9-7-15)25(29)30/h6-9,13-14,17-18,20-21,26H,5,10-12H2,1-4H3/t14-,17-,18-,20-,21+,23+,24?/m1/s1. The summed E-state index contributed by atoms with van der Waals surface area (Å²) in [6, 6.07) is 5.35. The van der Waals surface area contributed by atoms with Crippen molar-refractivity contribution in [3.05, 3.63) is 39.9 Å². The molecule has 2 saturated heterocycles. The summed E-state index contributed by atoms with van der Waals surface area (Å²) in [4.78, 5) is 35.6. The van der Waals surface area contributed by atoms with Crippen molar-refractivity contribution in [1.29, 1.82) is 0 Å². The molecule has 3 aliphatic rings. The van der Waals surface area contributed by atoms with Crippen molar-refractivity contribution < 1.29 is 33.8 Å². The Morgan fingerprint density at radius 3 is 2.48 bits per heavy atom. The van der Waals surface area contributed by atoms with Gasteiger partial charge in [0.2, 0.25) is 0 Å². The second-order valence-electron chi connectivity index (χ2n) is 10.1. The van der Waals surface area contributed by atoms with Gasteiger partial charge in [-0.15, -0.1) is 0 Å². The molecule has 1 N–H and O–H groups in total. The van der Waals surface area contributed by atoms with E-state index in [1.807, 2.05) is 20.8 Å². The number of aliphatic hydroxyl groups excluding tert-OH is 1. The Balaban J connectivity index is 1.69. The van der Waals surface area contributed by atoms with E-state index >= 15 is 0 Å². The smallest absolute Gasteiger partial charge is 0.338 e. The lowest BCUT2D eigenvalue weighted by molar-refractivity contribution is -0.384. The van der Waals surface area contributed by atoms with Gasteiger partial charge in [-0.2, -0.15) is 0 Å². The number of nitro benzene ring substituents is 1. The molecule has 3 fully saturated rings. The molecule has 1 aliphatic carbocycles. The van der Waals surface area contributed by atoms with Crippen molar-refractivity contribution in [1.82, 2.24) is 0 Å². The minimum absolute atomic E-state index is 0.0194. The second-order valence-corrected chi connectivity index (χ2v) is 10.1. The third-order valence-corrected chi connectivity index (χ3v) is 8.10. The molecule has 33 heavy (non-hydrogen) atoms. The molecule has 2 heterocycles. The summed E-state index contributed by atoms with van der Waals surface area (Å²) in [5.41, 5.74) is -1.46. The molecular formula is C24H31NO8. The molecule has 180 valence electrons. The van der Waals surface area contributed by atoms with E-state index in [0.717, 1.165) is 12.8 Å². The van der Waals surface area contributed by atoms with Gasteiger partial charge in [0.05, 0.1) is 10.5 Å². The van der Waals surface area contributed by atoms with Gasteiger partial charge in [-0.3, -0.25) is 10.1 Å². The number of fused-ring (bicyclic) bond motifs is 4. The van der Waals surface area contributed by atoms with Crippen molar-refractivity contribution in [2.75, 3.05) is 6.61 Å². The van der Waals surface area contributed by atoms with Gasteiger partial charge in [0.25, 0.3) is 5.69 Å². The minimum atomic E-state index is -0.856. The number of carbonyl (C=O) groups excluding carboxylic acids is 2. The maximum atomic E-state index is 13.1. The molecule has 0 amide bonds. The van der Waals surface area contributed by atoms with Gasteiger partial charge in [0, 0.05) is 24.5 Å². The number of rotatable bonds is 6. The van der Waals surface area contributed by atoms with E-state index < -0.39 is 46.9 Å². The molecule has 0 radical (unpaired) electrons. The topological polar surface area (TPSA) is 125 Å². The molecule has 1 unspecified atom stereocenters. The van der Waals surface area contributed by atoms with Crippen LogP contribution < -0.4 is 0 Å². The molecule has 2 aliphatic heterocycles. The lowest BCUT2D eigenvalue weighted by atomic mass is 9.69. The average Bonchev–Trinajstić information content (AvgIpc) is 3.29. The van der Waals surface area contributed by atoms with Crippen LogP contribution in [0, 0.1) is 33.8 Å². The fraction of sp³-hybridized carbons (Fsp3) is 0.667. The van der Waals surface area contributed by atoms with Crippen molar-refractivity contribution in [2.45, 2.75) is 70.4 Å². The number of nitrogens with zero attached hydrogens (tertiary/aromatic N) is 1. The maximum Gasteiger partial charge on any atom is 0.338 e. The Labute approximate surface area is 192 Å². The highest BCUT2D eigenvalue weighted by atomic mass is 16.6. The molecule has 0 aromatic heterocycles. The van der Waals surface area contributed by atoms with Crippen molar-refractivity contribution in [3.8, 4) is 0 Å². The van der Waals surface area contributed by atoms with E-state index in [9.17, 15) is 24.8 Å². The van der Waals surface area contributed by atoms with Gasteiger partial charge in [0.1, 0.15) is 30.0 Å². The number of nitro groups is 1. The van der Waals surface area contributed by atoms with Gasteiger partial charge in [-0.25, -0.2) is 9.59 Å². The largest absolute Gasteiger partial charge is 0.457 e. The van der Waals surface area contributed by atoms with Gasteiger partial charge in [0.15, 0.2) is 0 Å². The van der Waals surface area contributed by atoms with E-state index in [1.54, 1.807) is 0 Å². The average molecular weight is 462 g/mol. The molecule has 9 heteroatoms. The number of aliphatic hydroxyl groups is 1. The molecule has 1 aromatic rings. The molecule has 9 nitrogen and oxygen atoms in total.